The second kappa shape index (κ2) is 7.70. The fourth-order valence-electron chi connectivity index (χ4n) is 3.27. The lowest BCUT2D eigenvalue weighted by Gasteiger charge is -2.04. The highest BCUT2D eigenvalue weighted by Gasteiger charge is 2.25. The van der Waals surface area contributed by atoms with E-state index in [1.165, 1.54) is 11.8 Å². The summed E-state index contributed by atoms with van der Waals surface area (Å²) in [5.74, 6) is -0.157. The van der Waals surface area contributed by atoms with E-state index in [0.717, 1.165) is 22.2 Å². The van der Waals surface area contributed by atoms with Crippen LogP contribution in [0.2, 0.25) is 5.02 Å². The second-order valence-corrected chi connectivity index (χ2v) is 7.79. The van der Waals surface area contributed by atoms with Gasteiger partial charge in [0.25, 0.3) is 5.91 Å². The van der Waals surface area contributed by atoms with Gasteiger partial charge in [-0.05, 0) is 43.0 Å². The van der Waals surface area contributed by atoms with Crippen molar-refractivity contribution in [3.8, 4) is 0 Å². The first kappa shape index (κ1) is 18.6. The van der Waals surface area contributed by atoms with Crippen LogP contribution in [0.1, 0.15) is 11.3 Å². The van der Waals surface area contributed by atoms with Crippen molar-refractivity contribution in [3.05, 3.63) is 82.4 Å². The van der Waals surface area contributed by atoms with Gasteiger partial charge in [-0.3, -0.25) is 4.79 Å². The summed E-state index contributed by atoms with van der Waals surface area (Å²) in [6.07, 6.45) is 3.81. The van der Waals surface area contributed by atoms with Crippen molar-refractivity contribution >= 4 is 57.1 Å². The molecule has 1 amide bonds. The van der Waals surface area contributed by atoms with Crippen LogP contribution in [0, 0.1) is 6.92 Å². The van der Waals surface area contributed by atoms with Gasteiger partial charge in [-0.15, -0.1) is 6.58 Å². The van der Waals surface area contributed by atoms with Gasteiger partial charge in [0.1, 0.15) is 0 Å². The van der Waals surface area contributed by atoms with Crippen molar-refractivity contribution < 1.29 is 4.79 Å². The Morgan fingerprint density at radius 2 is 1.96 bits per heavy atom. The number of amides is 1. The molecule has 4 rings (SSSR count). The number of rotatable bonds is 4. The number of nitrogens with one attached hydrogen (secondary N) is 1. The number of hydrogen-bond donors (Lipinski definition) is 1. The fourth-order valence-corrected chi connectivity index (χ4v) is 4.26. The minimum Gasteiger partial charge on any atom is -0.340 e. The Balaban J connectivity index is 1.74. The third kappa shape index (κ3) is 3.39. The predicted molar refractivity (Wildman–Crippen MR) is 119 cm³/mol. The number of fused-ring (bicyclic) bond motifs is 1. The highest BCUT2D eigenvalue weighted by molar-refractivity contribution is 8.18. The van der Waals surface area contributed by atoms with E-state index in [2.05, 4.69) is 40.5 Å². The van der Waals surface area contributed by atoms with Crippen molar-refractivity contribution in [1.29, 1.82) is 0 Å². The lowest BCUT2D eigenvalue weighted by atomic mass is 10.1. The molecule has 4 nitrogen and oxygen atoms in total. The standard InChI is InChI=1S/C22H18ClN3OS/c1-3-12-26-14(2)16(15-8-4-7-11-19(15)26)13-20-21(27)25-22(28-20)24-18-10-6-5-9-17(18)23/h3-11,13H,1,12H2,2H3,(H,24,25,27). The monoisotopic (exact) mass is 407 g/mol. The van der Waals surface area contributed by atoms with Crippen LogP contribution in [-0.4, -0.2) is 15.6 Å². The average molecular weight is 408 g/mol. The predicted octanol–water partition coefficient (Wildman–Crippen LogP) is 5.68. The Bertz CT molecular complexity index is 1160. The molecule has 0 saturated carbocycles. The number of aromatic nitrogens is 1. The lowest BCUT2D eigenvalue weighted by Crippen LogP contribution is -2.19. The smallest absolute Gasteiger partial charge is 0.264 e. The minimum absolute atomic E-state index is 0.157. The molecular formula is C22H18ClN3OS. The molecule has 1 aromatic heterocycles. The molecule has 0 bridgehead atoms. The van der Waals surface area contributed by atoms with Crippen LogP contribution in [0.3, 0.4) is 0 Å². The summed E-state index contributed by atoms with van der Waals surface area (Å²) in [4.78, 5) is 17.6. The number of allylic oxidation sites excluding steroid dienone is 1. The van der Waals surface area contributed by atoms with Gasteiger partial charge in [0, 0.05) is 28.7 Å². The normalized spacial score (nSPS) is 16.9. The molecule has 0 spiro atoms. The number of para-hydroxylation sites is 2. The average Bonchev–Trinajstić information content (AvgIpc) is 3.16. The fraction of sp³-hybridized carbons (Fsp3) is 0.0909. The maximum atomic E-state index is 12.5. The zero-order valence-electron chi connectivity index (χ0n) is 15.3. The van der Waals surface area contributed by atoms with E-state index < -0.39 is 0 Å². The SMILES string of the molecule is C=CCn1c(C)c(C=C2SC(=Nc3ccccc3Cl)NC2=O)c2ccccc21. The molecular weight excluding hydrogens is 390 g/mol. The van der Waals surface area contributed by atoms with Crippen LogP contribution in [0.5, 0.6) is 0 Å². The number of carbonyl (C=O) groups is 1. The Morgan fingerprint density at radius 3 is 2.75 bits per heavy atom. The van der Waals surface area contributed by atoms with Crippen molar-refractivity contribution in [2.75, 3.05) is 0 Å². The van der Waals surface area contributed by atoms with Crippen LogP contribution in [0.4, 0.5) is 5.69 Å². The van der Waals surface area contributed by atoms with E-state index in [9.17, 15) is 4.79 Å². The first-order valence-electron chi connectivity index (χ1n) is 8.81. The van der Waals surface area contributed by atoms with E-state index in [-0.39, 0.29) is 5.91 Å². The molecule has 3 aromatic rings. The van der Waals surface area contributed by atoms with Crippen LogP contribution in [-0.2, 0) is 11.3 Å². The summed E-state index contributed by atoms with van der Waals surface area (Å²) in [6, 6.07) is 15.5. The summed E-state index contributed by atoms with van der Waals surface area (Å²) in [5, 5.41) is 5.01. The largest absolute Gasteiger partial charge is 0.340 e. The van der Waals surface area contributed by atoms with E-state index >= 15 is 0 Å². The van der Waals surface area contributed by atoms with Gasteiger partial charge >= 0.3 is 0 Å². The van der Waals surface area contributed by atoms with E-state index in [0.29, 0.717) is 27.3 Å². The molecule has 1 aliphatic rings. The Labute approximate surface area is 172 Å². The lowest BCUT2D eigenvalue weighted by molar-refractivity contribution is -0.115. The maximum absolute atomic E-state index is 12.5. The van der Waals surface area contributed by atoms with Crippen molar-refractivity contribution in [1.82, 2.24) is 9.88 Å². The van der Waals surface area contributed by atoms with Crippen molar-refractivity contribution in [2.24, 2.45) is 4.99 Å². The summed E-state index contributed by atoms with van der Waals surface area (Å²) in [7, 11) is 0. The molecule has 0 unspecified atom stereocenters. The summed E-state index contributed by atoms with van der Waals surface area (Å²) < 4.78 is 2.20. The molecule has 6 heteroatoms. The van der Waals surface area contributed by atoms with Gasteiger partial charge in [0.2, 0.25) is 0 Å². The summed E-state index contributed by atoms with van der Waals surface area (Å²) in [6.45, 7) is 6.63. The number of thioether (sulfide) groups is 1. The zero-order valence-corrected chi connectivity index (χ0v) is 16.8. The number of aliphatic imine (C=N–C) groups is 1. The maximum Gasteiger partial charge on any atom is 0.264 e. The highest BCUT2D eigenvalue weighted by Crippen LogP contribution is 2.34. The number of nitrogens with zero attached hydrogens (tertiary/aromatic N) is 2. The molecule has 0 radical (unpaired) electrons. The van der Waals surface area contributed by atoms with Gasteiger partial charge in [-0.25, -0.2) is 4.99 Å². The number of halogens is 1. The number of carbonyl (C=O) groups excluding carboxylic acids is 1. The van der Waals surface area contributed by atoms with E-state index in [1.54, 1.807) is 6.07 Å². The zero-order chi connectivity index (χ0) is 19.7. The Kier molecular flexibility index (Phi) is 5.11. The van der Waals surface area contributed by atoms with Gasteiger partial charge in [-0.2, -0.15) is 0 Å². The van der Waals surface area contributed by atoms with Gasteiger partial charge in [0.15, 0.2) is 5.17 Å². The number of hydrogen-bond acceptors (Lipinski definition) is 3. The summed E-state index contributed by atoms with van der Waals surface area (Å²) >= 11 is 7.49. The second-order valence-electron chi connectivity index (χ2n) is 6.35. The molecule has 2 heterocycles. The third-order valence-electron chi connectivity index (χ3n) is 4.59. The number of amidine groups is 1. The van der Waals surface area contributed by atoms with Crippen LogP contribution >= 0.6 is 23.4 Å². The van der Waals surface area contributed by atoms with Gasteiger partial charge in [0.05, 0.1) is 15.6 Å². The Morgan fingerprint density at radius 1 is 1.21 bits per heavy atom. The molecule has 1 saturated heterocycles. The van der Waals surface area contributed by atoms with Crippen LogP contribution in [0.25, 0.3) is 17.0 Å². The minimum atomic E-state index is -0.157. The molecule has 140 valence electrons. The topological polar surface area (TPSA) is 46.4 Å². The first-order chi connectivity index (χ1) is 13.6. The molecule has 1 aliphatic heterocycles. The quantitative estimate of drug-likeness (QED) is 0.446. The highest BCUT2D eigenvalue weighted by atomic mass is 35.5. The van der Waals surface area contributed by atoms with Gasteiger partial charge in [-0.1, -0.05) is 48.0 Å². The van der Waals surface area contributed by atoms with Crippen molar-refractivity contribution in [2.45, 2.75) is 13.5 Å². The molecule has 28 heavy (non-hydrogen) atoms. The summed E-state index contributed by atoms with van der Waals surface area (Å²) in [5.41, 5.74) is 3.89. The molecule has 0 atom stereocenters. The first-order valence-corrected chi connectivity index (χ1v) is 10.0. The van der Waals surface area contributed by atoms with Crippen LogP contribution in [0.15, 0.2) is 71.1 Å². The number of benzene rings is 2. The van der Waals surface area contributed by atoms with E-state index in [1.807, 2.05) is 42.5 Å². The van der Waals surface area contributed by atoms with Crippen LogP contribution < -0.4 is 5.32 Å². The molecule has 1 N–H and O–H groups in total. The molecule has 1 fully saturated rings. The van der Waals surface area contributed by atoms with E-state index in [4.69, 9.17) is 11.6 Å². The molecule has 0 aliphatic carbocycles. The Hall–Kier alpha value is -2.76. The third-order valence-corrected chi connectivity index (χ3v) is 5.82. The van der Waals surface area contributed by atoms with Crippen molar-refractivity contribution in [3.63, 3.8) is 0 Å². The van der Waals surface area contributed by atoms with Gasteiger partial charge < -0.3 is 9.88 Å². The molecule has 2 aromatic carbocycles.